The lowest BCUT2D eigenvalue weighted by Gasteiger charge is -2.39. The summed E-state index contributed by atoms with van der Waals surface area (Å²) in [7, 11) is 0. The predicted molar refractivity (Wildman–Crippen MR) is 119 cm³/mol. The van der Waals surface area contributed by atoms with Gasteiger partial charge in [0.05, 0.1) is 24.7 Å². The normalized spacial score (nSPS) is 22.1. The fraction of sp³-hybridized carbons (Fsp3) is 0.480. The fourth-order valence-electron chi connectivity index (χ4n) is 5.15. The standard InChI is InChI=1S/C25H32N4O/c1-25(2)15-23(22-17-26-29(24(22)16-25)20-7-4-3-5-8-20)27-19-10-12-28(13-11-19)18-21-9-6-14-30-21/h3-9,14,17,19,23,27H,10-13,15-16,18H2,1-2H3/t23-/m0/s1. The molecule has 1 N–H and O–H groups in total. The van der Waals surface area contributed by atoms with Crippen LogP contribution in [0.15, 0.2) is 59.3 Å². The second kappa shape index (κ2) is 8.05. The van der Waals surface area contributed by atoms with Gasteiger partial charge in [-0.2, -0.15) is 5.10 Å². The maximum atomic E-state index is 5.52. The van der Waals surface area contributed by atoms with Crippen LogP contribution in [-0.4, -0.2) is 33.8 Å². The van der Waals surface area contributed by atoms with E-state index in [1.165, 1.54) is 24.1 Å². The number of para-hydroxylation sites is 1. The van der Waals surface area contributed by atoms with E-state index >= 15 is 0 Å². The third kappa shape index (κ3) is 4.09. The van der Waals surface area contributed by atoms with E-state index in [1.807, 2.05) is 6.07 Å². The molecule has 2 aromatic heterocycles. The summed E-state index contributed by atoms with van der Waals surface area (Å²) in [6, 6.07) is 15.5. The highest BCUT2D eigenvalue weighted by atomic mass is 16.3. The molecular formula is C25H32N4O. The molecule has 0 spiro atoms. The molecule has 1 atom stereocenters. The molecule has 5 nitrogen and oxygen atoms in total. The number of nitrogens with zero attached hydrogens (tertiary/aromatic N) is 3. The Labute approximate surface area is 179 Å². The Balaban J connectivity index is 1.28. The summed E-state index contributed by atoms with van der Waals surface area (Å²) in [5.41, 5.74) is 4.17. The van der Waals surface area contributed by atoms with Crippen molar-refractivity contribution in [3.05, 3.63) is 71.9 Å². The molecule has 30 heavy (non-hydrogen) atoms. The molecule has 0 saturated carbocycles. The molecule has 1 aliphatic heterocycles. The van der Waals surface area contributed by atoms with Crippen LogP contribution in [0.3, 0.4) is 0 Å². The number of nitrogens with one attached hydrogen (secondary N) is 1. The lowest BCUT2D eigenvalue weighted by molar-refractivity contribution is 0.161. The van der Waals surface area contributed by atoms with Crippen LogP contribution < -0.4 is 5.32 Å². The summed E-state index contributed by atoms with van der Waals surface area (Å²) in [4.78, 5) is 2.50. The van der Waals surface area contributed by atoms with Crippen molar-refractivity contribution in [2.45, 2.75) is 58.2 Å². The maximum absolute atomic E-state index is 5.52. The minimum absolute atomic E-state index is 0.261. The number of piperidine rings is 1. The van der Waals surface area contributed by atoms with Crippen LogP contribution in [0.25, 0.3) is 5.69 Å². The molecule has 0 unspecified atom stereocenters. The first kappa shape index (κ1) is 19.6. The smallest absolute Gasteiger partial charge is 0.117 e. The monoisotopic (exact) mass is 404 g/mol. The lowest BCUT2D eigenvalue weighted by atomic mass is 9.74. The third-order valence-electron chi connectivity index (χ3n) is 6.66. The van der Waals surface area contributed by atoms with E-state index in [1.54, 1.807) is 6.26 Å². The molecule has 2 aliphatic rings. The van der Waals surface area contributed by atoms with Crippen LogP contribution in [0.1, 0.15) is 56.2 Å². The van der Waals surface area contributed by atoms with Crippen LogP contribution in [0.2, 0.25) is 0 Å². The average molecular weight is 405 g/mol. The van der Waals surface area contributed by atoms with Crippen molar-refractivity contribution in [2.75, 3.05) is 13.1 Å². The van der Waals surface area contributed by atoms with E-state index in [2.05, 4.69) is 71.3 Å². The fourth-order valence-corrected chi connectivity index (χ4v) is 5.15. The van der Waals surface area contributed by atoms with Crippen molar-refractivity contribution in [3.63, 3.8) is 0 Å². The van der Waals surface area contributed by atoms with Crippen LogP contribution in [0, 0.1) is 5.41 Å². The summed E-state index contributed by atoms with van der Waals surface area (Å²) in [5, 5.41) is 8.80. The number of fused-ring (bicyclic) bond motifs is 1. The molecule has 3 heterocycles. The van der Waals surface area contributed by atoms with Gasteiger partial charge in [0, 0.05) is 36.4 Å². The van der Waals surface area contributed by atoms with Crippen molar-refractivity contribution in [1.29, 1.82) is 0 Å². The third-order valence-corrected chi connectivity index (χ3v) is 6.66. The van der Waals surface area contributed by atoms with Gasteiger partial charge in [0.25, 0.3) is 0 Å². The van der Waals surface area contributed by atoms with E-state index in [4.69, 9.17) is 9.52 Å². The van der Waals surface area contributed by atoms with E-state index in [0.29, 0.717) is 12.1 Å². The number of rotatable bonds is 5. The minimum Gasteiger partial charge on any atom is -0.468 e. The second-order valence-corrected chi connectivity index (χ2v) is 9.69. The van der Waals surface area contributed by atoms with Gasteiger partial charge >= 0.3 is 0 Å². The van der Waals surface area contributed by atoms with Gasteiger partial charge in [-0.25, -0.2) is 4.68 Å². The topological polar surface area (TPSA) is 46.2 Å². The van der Waals surface area contributed by atoms with Gasteiger partial charge in [-0.15, -0.1) is 0 Å². The van der Waals surface area contributed by atoms with Gasteiger partial charge in [0.15, 0.2) is 0 Å². The molecule has 3 aromatic rings. The Morgan fingerprint density at radius 1 is 1.10 bits per heavy atom. The first-order valence-corrected chi connectivity index (χ1v) is 11.2. The SMILES string of the molecule is CC1(C)Cc2c(cnn2-c2ccccc2)[C@@H](NC2CCN(Cc3ccco3)CC2)C1. The Morgan fingerprint density at radius 2 is 1.90 bits per heavy atom. The van der Waals surface area contributed by atoms with Gasteiger partial charge in [-0.05, 0) is 55.4 Å². The summed E-state index contributed by atoms with van der Waals surface area (Å²) in [5.74, 6) is 1.06. The van der Waals surface area contributed by atoms with Gasteiger partial charge in [-0.1, -0.05) is 32.0 Å². The molecule has 0 radical (unpaired) electrons. The maximum Gasteiger partial charge on any atom is 0.117 e. The van der Waals surface area contributed by atoms with Crippen molar-refractivity contribution in [3.8, 4) is 5.69 Å². The quantitative estimate of drug-likeness (QED) is 0.668. The zero-order valence-corrected chi connectivity index (χ0v) is 18.1. The zero-order chi connectivity index (χ0) is 20.6. The van der Waals surface area contributed by atoms with E-state index in [9.17, 15) is 0 Å². The first-order chi connectivity index (χ1) is 14.6. The van der Waals surface area contributed by atoms with Gasteiger partial charge in [0.1, 0.15) is 5.76 Å². The number of likely N-dealkylation sites (tertiary alicyclic amines) is 1. The van der Waals surface area contributed by atoms with Gasteiger partial charge < -0.3 is 9.73 Å². The second-order valence-electron chi connectivity index (χ2n) is 9.69. The Kier molecular flexibility index (Phi) is 5.25. The lowest BCUT2D eigenvalue weighted by Crippen LogP contribution is -2.45. The average Bonchev–Trinajstić information content (AvgIpc) is 3.39. The summed E-state index contributed by atoms with van der Waals surface area (Å²) in [6.45, 7) is 7.93. The van der Waals surface area contributed by atoms with Crippen LogP contribution in [0.4, 0.5) is 0 Å². The molecule has 1 aromatic carbocycles. The Hall–Kier alpha value is -2.37. The van der Waals surface area contributed by atoms with Crippen molar-refractivity contribution in [2.24, 2.45) is 5.41 Å². The molecule has 0 amide bonds. The number of hydrogen-bond donors (Lipinski definition) is 1. The summed E-state index contributed by atoms with van der Waals surface area (Å²) < 4.78 is 7.67. The highest BCUT2D eigenvalue weighted by Gasteiger charge is 2.36. The Bertz CT molecular complexity index is 952. The van der Waals surface area contributed by atoms with Crippen LogP contribution in [-0.2, 0) is 13.0 Å². The van der Waals surface area contributed by atoms with Crippen molar-refractivity contribution < 1.29 is 4.42 Å². The molecule has 5 heteroatoms. The predicted octanol–water partition coefficient (Wildman–Crippen LogP) is 4.73. The van der Waals surface area contributed by atoms with E-state index in [0.717, 1.165) is 43.9 Å². The van der Waals surface area contributed by atoms with Crippen LogP contribution >= 0.6 is 0 Å². The van der Waals surface area contributed by atoms with E-state index < -0.39 is 0 Å². The zero-order valence-electron chi connectivity index (χ0n) is 18.1. The molecule has 1 fully saturated rings. The van der Waals surface area contributed by atoms with E-state index in [-0.39, 0.29) is 5.41 Å². The largest absolute Gasteiger partial charge is 0.468 e. The molecule has 1 saturated heterocycles. The number of aromatic nitrogens is 2. The highest BCUT2D eigenvalue weighted by molar-refractivity contribution is 5.38. The van der Waals surface area contributed by atoms with Gasteiger partial charge in [-0.3, -0.25) is 4.90 Å². The number of benzene rings is 1. The summed E-state index contributed by atoms with van der Waals surface area (Å²) in [6.07, 6.45) is 8.45. The highest BCUT2D eigenvalue weighted by Crippen LogP contribution is 2.41. The van der Waals surface area contributed by atoms with Crippen molar-refractivity contribution in [1.82, 2.24) is 20.0 Å². The molecule has 158 valence electrons. The van der Waals surface area contributed by atoms with Crippen LogP contribution in [0.5, 0.6) is 0 Å². The molecular weight excluding hydrogens is 372 g/mol. The van der Waals surface area contributed by atoms with Gasteiger partial charge in [0.2, 0.25) is 0 Å². The molecule has 1 aliphatic carbocycles. The van der Waals surface area contributed by atoms with Crippen molar-refractivity contribution >= 4 is 0 Å². The number of hydrogen-bond acceptors (Lipinski definition) is 4. The Morgan fingerprint density at radius 3 is 2.63 bits per heavy atom. The summed E-state index contributed by atoms with van der Waals surface area (Å²) >= 11 is 0. The number of furan rings is 1. The minimum atomic E-state index is 0.261. The molecule has 5 rings (SSSR count). The molecule has 0 bridgehead atoms. The first-order valence-electron chi connectivity index (χ1n) is 11.2.